The van der Waals surface area contributed by atoms with Crippen LogP contribution >= 0.6 is 0 Å². The molecule has 4 aliphatic carbocycles. The molecule has 4 rings (SSSR count). The highest BCUT2D eigenvalue weighted by Crippen LogP contribution is 2.38. The molecule has 5 unspecified atom stereocenters. The van der Waals surface area contributed by atoms with E-state index in [1.807, 2.05) is 0 Å². The van der Waals surface area contributed by atoms with E-state index in [-0.39, 0.29) is 30.5 Å². The predicted molar refractivity (Wildman–Crippen MR) is 137 cm³/mol. The number of carbonyl (C=O) groups is 3. The number of carboxylic acid groups (broad SMARTS) is 2. The van der Waals surface area contributed by atoms with Crippen LogP contribution < -0.4 is 0 Å². The van der Waals surface area contributed by atoms with Gasteiger partial charge in [-0.25, -0.2) is 9.78 Å². The zero-order valence-corrected chi connectivity index (χ0v) is 22.5. The van der Waals surface area contributed by atoms with Gasteiger partial charge in [0.05, 0.1) is 36.6 Å². The van der Waals surface area contributed by atoms with E-state index in [0.29, 0.717) is 31.3 Å². The Morgan fingerprint density at radius 3 is 1.89 bits per heavy atom. The Balaban J connectivity index is 1.10. The number of aliphatic hydroxyl groups is 1. The quantitative estimate of drug-likeness (QED) is 0.204. The molecular weight excluding hydrogens is 492 g/mol. The van der Waals surface area contributed by atoms with Gasteiger partial charge in [0, 0.05) is 0 Å². The maximum atomic E-state index is 12.7. The minimum Gasteiger partial charge on any atom is -0.481 e. The van der Waals surface area contributed by atoms with Gasteiger partial charge in [-0.1, -0.05) is 12.8 Å². The van der Waals surface area contributed by atoms with Gasteiger partial charge >= 0.3 is 17.9 Å². The van der Waals surface area contributed by atoms with Gasteiger partial charge in [-0.3, -0.25) is 14.4 Å². The van der Waals surface area contributed by atoms with Crippen molar-refractivity contribution < 1.29 is 44.2 Å². The summed E-state index contributed by atoms with van der Waals surface area (Å²) >= 11 is 0. The van der Waals surface area contributed by atoms with Crippen molar-refractivity contribution in [1.29, 1.82) is 0 Å². The summed E-state index contributed by atoms with van der Waals surface area (Å²) in [4.78, 5) is 47.0. The third-order valence-electron chi connectivity index (χ3n) is 9.69. The molecule has 0 saturated heterocycles. The Morgan fingerprint density at radius 1 is 0.658 bits per heavy atom. The van der Waals surface area contributed by atoms with Gasteiger partial charge in [0.25, 0.3) is 0 Å². The van der Waals surface area contributed by atoms with E-state index in [1.165, 1.54) is 6.42 Å². The lowest BCUT2D eigenvalue weighted by Gasteiger charge is -2.35. The average Bonchev–Trinajstić information content (AvgIpc) is 2.91. The Hall–Kier alpha value is -1.71. The van der Waals surface area contributed by atoms with Crippen molar-refractivity contribution >= 4 is 17.9 Å². The largest absolute Gasteiger partial charge is 0.481 e. The number of esters is 1. The van der Waals surface area contributed by atoms with Crippen LogP contribution in [0.25, 0.3) is 0 Å². The fourth-order valence-corrected chi connectivity index (χ4v) is 7.33. The topological polar surface area (TPSA) is 140 Å². The molecule has 4 saturated carbocycles. The fraction of sp³-hybridized carbons (Fsp3) is 0.897. The number of carboxylic acids is 2. The van der Waals surface area contributed by atoms with Crippen molar-refractivity contribution in [3.05, 3.63) is 0 Å². The second kappa shape index (κ2) is 14.1. The van der Waals surface area contributed by atoms with E-state index in [4.69, 9.17) is 14.5 Å². The van der Waals surface area contributed by atoms with Crippen molar-refractivity contribution in [1.82, 2.24) is 0 Å². The number of aliphatic carboxylic acids is 2. The SMILES string of the molecule is O=C(O)C1CCCCC1COOC1CCC(CC2CCC(OC(=O)C3CCC(O)CC3C(=O)O)CC2)CC1. The number of ether oxygens (including phenoxy) is 1. The first kappa shape index (κ1) is 29.3. The number of aliphatic hydroxyl groups excluding tert-OH is 1. The molecule has 4 aliphatic rings. The van der Waals surface area contributed by atoms with E-state index in [2.05, 4.69) is 0 Å². The van der Waals surface area contributed by atoms with Crippen LogP contribution in [0.3, 0.4) is 0 Å². The molecule has 0 aliphatic heterocycles. The number of rotatable bonds is 10. The molecular formula is C29H46O9. The first-order chi connectivity index (χ1) is 18.3. The van der Waals surface area contributed by atoms with Crippen molar-refractivity contribution in [3.63, 3.8) is 0 Å². The van der Waals surface area contributed by atoms with Crippen molar-refractivity contribution in [3.8, 4) is 0 Å². The Kier molecular flexibility index (Phi) is 10.8. The first-order valence-corrected chi connectivity index (χ1v) is 14.9. The van der Waals surface area contributed by atoms with Crippen molar-refractivity contribution in [2.24, 2.45) is 35.5 Å². The summed E-state index contributed by atoms with van der Waals surface area (Å²) in [5.74, 6) is -2.66. The van der Waals surface area contributed by atoms with Crippen LogP contribution in [-0.2, 0) is 28.9 Å². The van der Waals surface area contributed by atoms with E-state index >= 15 is 0 Å². The molecule has 216 valence electrons. The maximum absolute atomic E-state index is 12.7. The van der Waals surface area contributed by atoms with E-state index in [9.17, 15) is 29.7 Å². The summed E-state index contributed by atoms with van der Waals surface area (Å²) in [6, 6.07) is 0. The molecule has 0 aromatic heterocycles. The highest BCUT2D eigenvalue weighted by Gasteiger charge is 2.41. The normalized spacial score (nSPS) is 38.3. The van der Waals surface area contributed by atoms with Gasteiger partial charge in [0.1, 0.15) is 6.10 Å². The monoisotopic (exact) mass is 538 g/mol. The number of carbonyl (C=O) groups excluding carboxylic acids is 1. The predicted octanol–water partition coefficient (Wildman–Crippen LogP) is 4.74. The van der Waals surface area contributed by atoms with Crippen LogP contribution in [0.15, 0.2) is 0 Å². The van der Waals surface area contributed by atoms with Gasteiger partial charge in [0.15, 0.2) is 0 Å². The van der Waals surface area contributed by atoms with Gasteiger partial charge in [-0.15, -0.1) is 0 Å². The molecule has 5 atom stereocenters. The fourth-order valence-electron chi connectivity index (χ4n) is 7.33. The van der Waals surface area contributed by atoms with Crippen LogP contribution in [0.4, 0.5) is 0 Å². The summed E-state index contributed by atoms with van der Waals surface area (Å²) in [5, 5.41) is 28.7. The number of hydrogen-bond donors (Lipinski definition) is 3. The standard InChI is InChI=1S/C29H46O9/c30-21-9-14-25(26(16-21)28(33)34)29(35)37-22-10-5-18(6-11-22)15-19-7-12-23(13-8-19)38-36-17-20-3-1-2-4-24(20)27(31)32/h18-26,30H,1-17H2,(H,31,32)(H,33,34). The summed E-state index contributed by atoms with van der Waals surface area (Å²) in [5.41, 5.74) is 0. The summed E-state index contributed by atoms with van der Waals surface area (Å²) in [7, 11) is 0. The summed E-state index contributed by atoms with van der Waals surface area (Å²) in [6.45, 7) is 0.365. The maximum Gasteiger partial charge on any atom is 0.310 e. The molecule has 9 heteroatoms. The minimum absolute atomic E-state index is 0.0427. The van der Waals surface area contributed by atoms with Crippen molar-refractivity contribution in [2.45, 2.75) is 121 Å². The molecule has 0 radical (unpaired) electrons. The molecule has 38 heavy (non-hydrogen) atoms. The van der Waals surface area contributed by atoms with E-state index < -0.39 is 35.8 Å². The van der Waals surface area contributed by atoms with Crippen LogP contribution in [0.5, 0.6) is 0 Å². The van der Waals surface area contributed by atoms with Crippen LogP contribution in [0.2, 0.25) is 0 Å². The van der Waals surface area contributed by atoms with E-state index in [0.717, 1.165) is 77.0 Å². The zero-order valence-electron chi connectivity index (χ0n) is 22.5. The van der Waals surface area contributed by atoms with Crippen LogP contribution in [-0.4, -0.2) is 58.1 Å². The summed E-state index contributed by atoms with van der Waals surface area (Å²) < 4.78 is 5.75. The summed E-state index contributed by atoms with van der Waals surface area (Å²) in [6.07, 6.45) is 12.9. The van der Waals surface area contributed by atoms with Gasteiger partial charge in [0.2, 0.25) is 0 Å². The van der Waals surface area contributed by atoms with Crippen LogP contribution in [0.1, 0.15) is 103 Å². The third-order valence-corrected chi connectivity index (χ3v) is 9.69. The highest BCUT2D eigenvalue weighted by atomic mass is 17.2. The van der Waals surface area contributed by atoms with Crippen molar-refractivity contribution in [2.75, 3.05) is 6.61 Å². The number of hydrogen-bond acceptors (Lipinski definition) is 7. The Bertz CT molecular complexity index is 785. The molecule has 0 amide bonds. The minimum atomic E-state index is -1.03. The van der Waals surface area contributed by atoms with E-state index in [1.54, 1.807) is 0 Å². The third kappa shape index (κ3) is 8.15. The zero-order chi connectivity index (χ0) is 27.1. The first-order valence-electron chi connectivity index (χ1n) is 14.9. The lowest BCUT2D eigenvalue weighted by Crippen LogP contribution is -2.39. The second-order valence-corrected chi connectivity index (χ2v) is 12.3. The van der Waals surface area contributed by atoms with Crippen LogP contribution in [0, 0.1) is 35.5 Å². The molecule has 9 nitrogen and oxygen atoms in total. The Morgan fingerprint density at radius 2 is 1.26 bits per heavy atom. The average molecular weight is 539 g/mol. The molecule has 0 bridgehead atoms. The van der Waals surface area contributed by atoms with Gasteiger partial charge in [-0.05, 0) is 108 Å². The molecule has 3 N–H and O–H groups in total. The Labute approximate surface area is 225 Å². The smallest absolute Gasteiger partial charge is 0.310 e. The molecule has 0 aromatic carbocycles. The molecule has 0 aromatic rings. The van der Waals surface area contributed by atoms with Gasteiger partial charge < -0.3 is 20.1 Å². The highest BCUT2D eigenvalue weighted by molar-refractivity contribution is 5.81. The van der Waals surface area contributed by atoms with Gasteiger partial charge in [-0.2, -0.15) is 0 Å². The lowest BCUT2D eigenvalue weighted by molar-refractivity contribution is -0.337. The molecule has 0 heterocycles. The lowest BCUT2D eigenvalue weighted by atomic mass is 9.76. The molecule has 4 fully saturated rings. The molecule has 0 spiro atoms. The second-order valence-electron chi connectivity index (χ2n) is 12.3.